The summed E-state index contributed by atoms with van der Waals surface area (Å²) in [6.45, 7) is 1.62. The predicted molar refractivity (Wildman–Crippen MR) is 135 cm³/mol. The molecule has 0 bridgehead atoms. The molecule has 2 fully saturated rings. The summed E-state index contributed by atoms with van der Waals surface area (Å²) < 4.78 is 18.5. The van der Waals surface area contributed by atoms with Crippen LogP contribution in [0.4, 0.5) is 0 Å². The van der Waals surface area contributed by atoms with Crippen LogP contribution in [-0.4, -0.2) is 41.5 Å². The first kappa shape index (κ1) is 23.6. The second-order valence-electron chi connectivity index (χ2n) is 7.37. The number of thiocarbonyl (C=S) groups is 1. The molecular formula is C23H21BrClNO4S2. The van der Waals surface area contributed by atoms with Crippen LogP contribution in [0.3, 0.4) is 0 Å². The summed E-state index contributed by atoms with van der Waals surface area (Å²) in [5, 5.41) is 0.680. The van der Waals surface area contributed by atoms with Gasteiger partial charge in [-0.25, -0.2) is 0 Å². The number of halogens is 2. The molecule has 1 atom stereocenters. The van der Waals surface area contributed by atoms with E-state index in [4.69, 9.17) is 38.0 Å². The molecule has 32 heavy (non-hydrogen) atoms. The molecule has 0 unspecified atom stereocenters. The zero-order valence-electron chi connectivity index (χ0n) is 17.3. The Labute approximate surface area is 210 Å². The molecule has 0 saturated carbocycles. The summed E-state index contributed by atoms with van der Waals surface area (Å²) >= 11 is 16.3. The summed E-state index contributed by atoms with van der Waals surface area (Å²) in [4.78, 5) is 15.1. The first-order valence-corrected chi connectivity index (χ1v) is 12.5. The van der Waals surface area contributed by atoms with Gasteiger partial charge >= 0.3 is 0 Å². The van der Waals surface area contributed by atoms with Gasteiger partial charge < -0.3 is 14.2 Å². The quantitative estimate of drug-likeness (QED) is 0.306. The lowest BCUT2D eigenvalue weighted by atomic mass is 10.1. The molecule has 0 radical (unpaired) electrons. The smallest absolute Gasteiger partial charge is 0.266 e. The van der Waals surface area contributed by atoms with Crippen LogP contribution >= 0.6 is 51.5 Å². The van der Waals surface area contributed by atoms with E-state index < -0.39 is 0 Å². The number of thioether (sulfide) groups is 1. The number of rotatable bonds is 7. The van der Waals surface area contributed by atoms with E-state index in [0.29, 0.717) is 38.9 Å². The number of benzene rings is 2. The number of ether oxygens (including phenoxy) is 3. The molecule has 2 aromatic carbocycles. The fourth-order valence-electron chi connectivity index (χ4n) is 3.47. The molecule has 168 valence electrons. The predicted octanol–water partition coefficient (Wildman–Crippen LogP) is 6.07. The van der Waals surface area contributed by atoms with Crippen molar-refractivity contribution in [3.63, 3.8) is 0 Å². The Morgan fingerprint density at radius 2 is 2.09 bits per heavy atom. The molecule has 2 aromatic rings. The number of nitrogens with zero attached hydrogens (tertiary/aromatic N) is 1. The highest BCUT2D eigenvalue weighted by atomic mass is 79.9. The summed E-state index contributed by atoms with van der Waals surface area (Å²) in [6, 6.07) is 11.2. The molecule has 2 aliphatic heterocycles. The van der Waals surface area contributed by atoms with Crippen molar-refractivity contribution in [3.05, 3.63) is 61.9 Å². The molecule has 2 aliphatic rings. The SMILES string of the molecule is COc1cc(/C=C2\SC(=S)N(C[C@H]3CCCO3)C2=O)c(Br)cc1OCc1ccc(Cl)cc1. The summed E-state index contributed by atoms with van der Waals surface area (Å²) in [5.74, 6) is 1.07. The average molecular weight is 555 g/mol. The van der Waals surface area contributed by atoms with E-state index >= 15 is 0 Å². The first-order valence-electron chi connectivity index (χ1n) is 10.1. The topological polar surface area (TPSA) is 48.0 Å². The number of hydrogen-bond donors (Lipinski definition) is 0. The van der Waals surface area contributed by atoms with Crippen LogP contribution in [0.15, 0.2) is 45.8 Å². The Morgan fingerprint density at radius 3 is 2.78 bits per heavy atom. The molecule has 0 spiro atoms. The molecule has 2 saturated heterocycles. The normalized spacial score (nSPS) is 19.8. The van der Waals surface area contributed by atoms with Crippen molar-refractivity contribution in [1.29, 1.82) is 0 Å². The zero-order chi connectivity index (χ0) is 22.7. The first-order chi connectivity index (χ1) is 15.4. The van der Waals surface area contributed by atoms with Crippen LogP contribution in [0.1, 0.15) is 24.0 Å². The van der Waals surface area contributed by atoms with E-state index in [2.05, 4.69) is 15.9 Å². The highest BCUT2D eigenvalue weighted by Gasteiger charge is 2.34. The second kappa shape index (κ2) is 10.6. The molecule has 5 nitrogen and oxygen atoms in total. The van der Waals surface area contributed by atoms with Crippen molar-refractivity contribution < 1.29 is 19.0 Å². The van der Waals surface area contributed by atoms with Crippen molar-refractivity contribution in [2.45, 2.75) is 25.6 Å². The van der Waals surface area contributed by atoms with Crippen molar-refractivity contribution in [3.8, 4) is 11.5 Å². The van der Waals surface area contributed by atoms with Crippen LogP contribution in [0, 0.1) is 0 Å². The standard InChI is InChI=1S/C23H21BrClNO4S2/c1-28-19-9-15(18(24)11-20(19)30-13-14-4-6-16(25)7-5-14)10-21-22(27)26(23(31)32-21)12-17-3-2-8-29-17/h4-7,9-11,17H,2-3,8,12-13H2,1H3/b21-10-/t17-/m1/s1. The van der Waals surface area contributed by atoms with Crippen molar-refractivity contribution in [1.82, 2.24) is 4.90 Å². The van der Waals surface area contributed by atoms with Gasteiger partial charge in [0.25, 0.3) is 5.91 Å². The lowest BCUT2D eigenvalue weighted by Crippen LogP contribution is -2.35. The zero-order valence-corrected chi connectivity index (χ0v) is 21.3. The van der Waals surface area contributed by atoms with Gasteiger partial charge in [-0.3, -0.25) is 9.69 Å². The van der Waals surface area contributed by atoms with Gasteiger partial charge in [0.05, 0.1) is 24.7 Å². The molecule has 0 aliphatic carbocycles. The second-order valence-corrected chi connectivity index (χ2v) is 10.3. The van der Waals surface area contributed by atoms with Crippen molar-refractivity contribution >= 4 is 67.8 Å². The Kier molecular flexibility index (Phi) is 7.78. The Bertz CT molecular complexity index is 1050. The average Bonchev–Trinajstić information content (AvgIpc) is 3.39. The maximum Gasteiger partial charge on any atom is 0.266 e. The van der Waals surface area contributed by atoms with E-state index in [1.54, 1.807) is 12.0 Å². The van der Waals surface area contributed by atoms with E-state index in [9.17, 15) is 4.79 Å². The maximum atomic E-state index is 12.9. The minimum Gasteiger partial charge on any atom is -0.493 e. The van der Waals surface area contributed by atoms with Gasteiger partial charge in [-0.1, -0.05) is 63.6 Å². The summed E-state index contributed by atoms with van der Waals surface area (Å²) in [5.41, 5.74) is 1.80. The molecule has 9 heteroatoms. The van der Waals surface area contributed by atoms with E-state index in [1.165, 1.54) is 11.8 Å². The van der Waals surface area contributed by atoms with Gasteiger partial charge in [0.15, 0.2) is 11.5 Å². The molecule has 2 heterocycles. The largest absolute Gasteiger partial charge is 0.493 e. The van der Waals surface area contributed by atoms with Gasteiger partial charge in [0, 0.05) is 16.1 Å². The maximum absolute atomic E-state index is 12.9. The minimum absolute atomic E-state index is 0.0563. The Balaban J connectivity index is 1.50. The number of hydrogen-bond acceptors (Lipinski definition) is 6. The monoisotopic (exact) mass is 553 g/mol. The summed E-state index contributed by atoms with van der Waals surface area (Å²) in [6.07, 6.45) is 3.86. The third-order valence-corrected chi connectivity index (χ3v) is 7.48. The molecule has 4 rings (SSSR count). The van der Waals surface area contributed by atoms with Crippen LogP contribution in [0.2, 0.25) is 5.02 Å². The summed E-state index contributed by atoms with van der Waals surface area (Å²) in [7, 11) is 1.59. The van der Waals surface area contributed by atoms with Crippen LogP contribution in [0.25, 0.3) is 6.08 Å². The van der Waals surface area contributed by atoms with E-state index in [0.717, 1.165) is 35.0 Å². The highest BCUT2D eigenvalue weighted by molar-refractivity contribution is 9.10. The van der Waals surface area contributed by atoms with E-state index in [-0.39, 0.29) is 12.0 Å². The Morgan fingerprint density at radius 1 is 1.31 bits per heavy atom. The van der Waals surface area contributed by atoms with Gasteiger partial charge in [-0.05, 0) is 54.3 Å². The van der Waals surface area contributed by atoms with Crippen LogP contribution in [0.5, 0.6) is 11.5 Å². The third-order valence-electron chi connectivity index (χ3n) is 5.16. The van der Waals surface area contributed by atoms with Gasteiger partial charge in [0.2, 0.25) is 0 Å². The van der Waals surface area contributed by atoms with Gasteiger partial charge in [-0.15, -0.1) is 0 Å². The van der Waals surface area contributed by atoms with Crippen LogP contribution < -0.4 is 9.47 Å². The number of methoxy groups -OCH3 is 1. The van der Waals surface area contributed by atoms with Crippen molar-refractivity contribution in [2.75, 3.05) is 20.3 Å². The fourth-order valence-corrected chi connectivity index (χ4v) is 5.29. The Hall–Kier alpha value is -1.58. The minimum atomic E-state index is -0.0931. The van der Waals surface area contributed by atoms with Crippen LogP contribution in [-0.2, 0) is 16.1 Å². The molecule has 0 aromatic heterocycles. The van der Waals surface area contributed by atoms with Gasteiger partial charge in [0.1, 0.15) is 10.9 Å². The number of carbonyl (C=O) groups excluding carboxylic acids is 1. The van der Waals surface area contributed by atoms with Gasteiger partial charge in [-0.2, -0.15) is 0 Å². The van der Waals surface area contributed by atoms with Crippen molar-refractivity contribution in [2.24, 2.45) is 0 Å². The lowest BCUT2D eigenvalue weighted by Gasteiger charge is -2.18. The lowest BCUT2D eigenvalue weighted by molar-refractivity contribution is -0.123. The van der Waals surface area contributed by atoms with E-state index in [1.807, 2.05) is 42.5 Å². The molecule has 0 N–H and O–H groups in total. The number of carbonyl (C=O) groups is 1. The number of amides is 1. The molecular weight excluding hydrogens is 534 g/mol. The highest BCUT2D eigenvalue weighted by Crippen LogP contribution is 2.38. The third kappa shape index (κ3) is 5.48. The fraction of sp³-hybridized carbons (Fsp3) is 0.304. The molecule has 1 amide bonds.